The van der Waals surface area contributed by atoms with Gasteiger partial charge in [0.1, 0.15) is 0 Å². The molecule has 2 heterocycles. The van der Waals surface area contributed by atoms with E-state index in [-0.39, 0.29) is 5.79 Å². The summed E-state index contributed by atoms with van der Waals surface area (Å²) in [4.78, 5) is 0. The van der Waals surface area contributed by atoms with Crippen molar-refractivity contribution in [3.05, 3.63) is 11.8 Å². The lowest BCUT2D eigenvalue weighted by Gasteiger charge is -2.60. The smallest absolute Gasteiger partial charge is 0.213 e. The Kier molecular flexibility index (Phi) is 4.15. The molecule has 4 aliphatic carbocycles. The first-order chi connectivity index (χ1) is 13.9. The molecular formula is C27H42O2. The van der Waals surface area contributed by atoms with Crippen molar-refractivity contribution < 1.29 is 9.47 Å². The van der Waals surface area contributed by atoms with Crippen LogP contribution in [0, 0.1) is 46.3 Å². The Hall–Kier alpha value is -0.500. The van der Waals surface area contributed by atoms with Gasteiger partial charge in [0.15, 0.2) is 0 Å². The summed E-state index contributed by atoms with van der Waals surface area (Å²) < 4.78 is 13.2. The molecule has 0 bridgehead atoms. The Bertz CT molecular complexity index is 713. The van der Waals surface area contributed by atoms with Crippen LogP contribution in [0.1, 0.15) is 98.3 Å². The normalized spacial score (nSPS) is 58.6. The molecule has 2 nitrogen and oxygen atoms in total. The second kappa shape index (κ2) is 6.27. The maximum atomic E-state index is 6.88. The molecule has 162 valence electrons. The van der Waals surface area contributed by atoms with Gasteiger partial charge in [-0.2, -0.15) is 0 Å². The highest BCUT2D eigenvalue weighted by molar-refractivity contribution is 5.16. The van der Waals surface area contributed by atoms with E-state index in [2.05, 4.69) is 27.7 Å². The van der Waals surface area contributed by atoms with Gasteiger partial charge in [-0.05, 0) is 104 Å². The first-order valence-corrected chi connectivity index (χ1v) is 12.9. The summed E-state index contributed by atoms with van der Waals surface area (Å²) in [5.41, 5.74) is 2.47. The molecule has 4 saturated carbocycles. The Morgan fingerprint density at radius 2 is 1.79 bits per heavy atom. The van der Waals surface area contributed by atoms with Gasteiger partial charge in [-0.3, -0.25) is 0 Å². The van der Waals surface area contributed by atoms with E-state index in [0.29, 0.717) is 28.8 Å². The van der Waals surface area contributed by atoms with E-state index >= 15 is 0 Å². The van der Waals surface area contributed by atoms with E-state index in [0.717, 1.165) is 36.5 Å². The van der Waals surface area contributed by atoms with Gasteiger partial charge in [0.05, 0.1) is 12.4 Å². The summed E-state index contributed by atoms with van der Waals surface area (Å²) in [5, 5.41) is 0. The van der Waals surface area contributed by atoms with E-state index in [1.165, 1.54) is 63.4 Å². The van der Waals surface area contributed by atoms with Gasteiger partial charge in [0, 0.05) is 12.3 Å². The van der Waals surface area contributed by atoms with Crippen LogP contribution in [0.3, 0.4) is 0 Å². The molecular weight excluding hydrogens is 356 g/mol. The average molecular weight is 399 g/mol. The molecule has 2 heteroatoms. The van der Waals surface area contributed by atoms with Crippen molar-refractivity contribution in [2.45, 2.75) is 110 Å². The highest BCUT2D eigenvalue weighted by atomic mass is 16.7. The maximum Gasteiger partial charge on any atom is 0.213 e. The molecule has 1 saturated heterocycles. The fraction of sp³-hybridized carbons (Fsp3) is 0.926. The van der Waals surface area contributed by atoms with Crippen LogP contribution in [-0.4, -0.2) is 11.9 Å². The standard InChI is InChI=1S/C27H42O2/c1-17-10-14-27(28-16-17)18(2)24-23(29-27)15-22-20-9-8-19-7-5-6-12-25(19,3)21(20)11-13-26(22,24)4/h16,18-24H,5-15H2,1-4H3/t18-,19?,20-,21+,22+,23+,24+,25+,26+,27-/m1/s1. The van der Waals surface area contributed by atoms with Crippen molar-refractivity contribution in [2.75, 3.05) is 0 Å². The van der Waals surface area contributed by atoms with Crippen LogP contribution in [0.2, 0.25) is 0 Å². The van der Waals surface area contributed by atoms with Crippen molar-refractivity contribution >= 4 is 0 Å². The number of fused-ring (bicyclic) bond motifs is 7. The minimum absolute atomic E-state index is 0.327. The molecule has 6 rings (SSSR count). The van der Waals surface area contributed by atoms with Gasteiger partial charge in [0.2, 0.25) is 5.79 Å². The molecule has 6 aliphatic rings. The van der Waals surface area contributed by atoms with Crippen LogP contribution < -0.4 is 0 Å². The van der Waals surface area contributed by atoms with E-state index < -0.39 is 0 Å². The van der Waals surface area contributed by atoms with Crippen molar-refractivity contribution in [1.29, 1.82) is 0 Å². The van der Waals surface area contributed by atoms with E-state index in [1.54, 1.807) is 0 Å². The summed E-state index contributed by atoms with van der Waals surface area (Å²) in [6.07, 6.45) is 17.8. The van der Waals surface area contributed by atoms with Crippen molar-refractivity contribution in [3.63, 3.8) is 0 Å². The first kappa shape index (κ1) is 19.2. The molecule has 0 aromatic heterocycles. The lowest BCUT2D eigenvalue weighted by atomic mass is 9.44. The second-order valence-electron chi connectivity index (χ2n) is 12.5. The maximum absolute atomic E-state index is 6.88. The molecule has 10 atom stereocenters. The topological polar surface area (TPSA) is 18.5 Å². The second-order valence-corrected chi connectivity index (χ2v) is 12.5. The number of hydrogen-bond donors (Lipinski definition) is 0. The molecule has 0 amide bonds. The van der Waals surface area contributed by atoms with Crippen LogP contribution in [-0.2, 0) is 9.47 Å². The molecule has 1 unspecified atom stereocenters. The molecule has 0 aromatic rings. The van der Waals surface area contributed by atoms with Gasteiger partial charge in [-0.25, -0.2) is 0 Å². The third-order valence-corrected chi connectivity index (χ3v) is 11.6. The van der Waals surface area contributed by atoms with Gasteiger partial charge in [-0.1, -0.05) is 33.6 Å². The van der Waals surface area contributed by atoms with E-state index in [1.807, 2.05) is 6.26 Å². The molecule has 29 heavy (non-hydrogen) atoms. The van der Waals surface area contributed by atoms with Gasteiger partial charge >= 0.3 is 0 Å². The van der Waals surface area contributed by atoms with Crippen LogP contribution in [0.25, 0.3) is 0 Å². The largest absolute Gasteiger partial charge is 0.470 e. The number of hydrogen-bond acceptors (Lipinski definition) is 2. The lowest BCUT2D eigenvalue weighted by molar-refractivity contribution is -0.229. The van der Waals surface area contributed by atoms with Crippen molar-refractivity contribution in [1.82, 2.24) is 0 Å². The Labute approximate surface area is 178 Å². The summed E-state index contributed by atoms with van der Waals surface area (Å²) in [5.74, 6) is 4.73. The monoisotopic (exact) mass is 398 g/mol. The predicted octanol–water partition coefficient (Wildman–Crippen LogP) is 7.09. The highest BCUT2D eigenvalue weighted by Gasteiger charge is 2.69. The molecule has 1 spiro atoms. The Morgan fingerprint density at radius 1 is 0.931 bits per heavy atom. The third kappa shape index (κ3) is 2.45. The lowest BCUT2D eigenvalue weighted by Crippen LogP contribution is -2.53. The Morgan fingerprint density at radius 3 is 2.59 bits per heavy atom. The summed E-state index contributed by atoms with van der Waals surface area (Å²) in [7, 11) is 0. The summed E-state index contributed by atoms with van der Waals surface area (Å²) in [6, 6.07) is 0. The molecule has 5 fully saturated rings. The highest BCUT2D eigenvalue weighted by Crippen LogP contribution is 2.71. The number of allylic oxidation sites excluding steroid dienone is 1. The summed E-state index contributed by atoms with van der Waals surface area (Å²) >= 11 is 0. The van der Waals surface area contributed by atoms with Gasteiger partial charge in [0.25, 0.3) is 0 Å². The number of ether oxygens (including phenoxy) is 2. The first-order valence-electron chi connectivity index (χ1n) is 12.9. The molecule has 0 N–H and O–H groups in total. The van der Waals surface area contributed by atoms with Gasteiger partial charge in [-0.15, -0.1) is 0 Å². The predicted molar refractivity (Wildman–Crippen MR) is 116 cm³/mol. The minimum Gasteiger partial charge on any atom is -0.470 e. The minimum atomic E-state index is -0.327. The fourth-order valence-electron chi connectivity index (χ4n) is 10.1. The van der Waals surface area contributed by atoms with Crippen LogP contribution in [0.4, 0.5) is 0 Å². The van der Waals surface area contributed by atoms with Gasteiger partial charge < -0.3 is 9.47 Å². The quantitative estimate of drug-likeness (QED) is 0.433. The third-order valence-electron chi connectivity index (χ3n) is 11.6. The van der Waals surface area contributed by atoms with Crippen molar-refractivity contribution in [2.24, 2.45) is 46.3 Å². The molecule has 0 radical (unpaired) electrons. The van der Waals surface area contributed by atoms with Crippen LogP contribution in [0.5, 0.6) is 0 Å². The Balaban J connectivity index is 1.28. The zero-order chi connectivity index (χ0) is 20.0. The summed E-state index contributed by atoms with van der Waals surface area (Å²) in [6.45, 7) is 10.0. The van der Waals surface area contributed by atoms with E-state index in [4.69, 9.17) is 9.47 Å². The number of rotatable bonds is 0. The molecule has 0 aromatic carbocycles. The zero-order valence-corrected chi connectivity index (χ0v) is 19.2. The van der Waals surface area contributed by atoms with Crippen molar-refractivity contribution in [3.8, 4) is 0 Å². The van der Waals surface area contributed by atoms with Crippen LogP contribution >= 0.6 is 0 Å². The zero-order valence-electron chi connectivity index (χ0n) is 19.2. The SMILES string of the molecule is CC1=CO[C@]2(CC1)O[C@H]1C[C@H]3[C@@H]4CCC5CCCC[C@]5(C)[C@H]4CC[C@]3(C)[C@H]1[C@H]2C. The average Bonchev–Trinajstić information content (AvgIpc) is 3.15. The van der Waals surface area contributed by atoms with E-state index in [9.17, 15) is 0 Å². The molecule has 2 aliphatic heterocycles. The van der Waals surface area contributed by atoms with Crippen LogP contribution in [0.15, 0.2) is 11.8 Å². The fourth-order valence-corrected chi connectivity index (χ4v) is 10.1.